The number of amides is 2. The first-order chi connectivity index (χ1) is 16.1. The Morgan fingerprint density at radius 3 is 2.24 bits per heavy atom. The van der Waals surface area contributed by atoms with Gasteiger partial charge in [0.15, 0.2) is 0 Å². The van der Waals surface area contributed by atoms with E-state index >= 15 is 0 Å². The van der Waals surface area contributed by atoms with Gasteiger partial charge in [-0.1, -0.05) is 60.7 Å². The number of carbonyl (C=O) groups is 2. The van der Waals surface area contributed by atoms with Crippen molar-refractivity contribution in [2.45, 2.75) is 19.5 Å². The Morgan fingerprint density at radius 1 is 0.941 bits per heavy atom. The van der Waals surface area contributed by atoms with Crippen molar-refractivity contribution in [1.29, 1.82) is 0 Å². The van der Waals surface area contributed by atoms with E-state index in [0.717, 1.165) is 16.1 Å². The molecule has 178 valence electrons. The molecular weight excluding hydrogens is 457 g/mol. The predicted molar refractivity (Wildman–Crippen MR) is 129 cm³/mol. The van der Waals surface area contributed by atoms with Gasteiger partial charge in [0.1, 0.15) is 5.82 Å². The molecule has 3 aromatic carbocycles. The van der Waals surface area contributed by atoms with Gasteiger partial charge < -0.3 is 10.6 Å². The van der Waals surface area contributed by atoms with Gasteiger partial charge in [-0.3, -0.25) is 9.59 Å². The van der Waals surface area contributed by atoms with E-state index < -0.39 is 34.2 Å². The molecule has 0 aliphatic carbocycles. The molecule has 0 aliphatic heterocycles. The zero-order valence-corrected chi connectivity index (χ0v) is 19.7. The summed E-state index contributed by atoms with van der Waals surface area (Å²) < 4.78 is 39.4. The minimum absolute atomic E-state index is 0.149. The smallest absolute Gasteiger partial charge is 0.253 e. The molecule has 0 saturated carbocycles. The summed E-state index contributed by atoms with van der Waals surface area (Å²) in [5.74, 6) is -1.61. The average Bonchev–Trinajstić information content (AvgIpc) is 2.80. The van der Waals surface area contributed by atoms with Crippen LogP contribution in [0.15, 0.2) is 78.9 Å². The summed E-state index contributed by atoms with van der Waals surface area (Å²) in [4.78, 5) is 25.6. The van der Waals surface area contributed by atoms with Gasteiger partial charge in [0.05, 0.1) is 30.1 Å². The van der Waals surface area contributed by atoms with Gasteiger partial charge in [0.2, 0.25) is 15.9 Å². The molecule has 0 fully saturated rings. The molecular formula is C25H26FN3O4S. The van der Waals surface area contributed by atoms with E-state index in [0.29, 0.717) is 0 Å². The van der Waals surface area contributed by atoms with E-state index in [1.165, 1.54) is 18.2 Å². The highest BCUT2D eigenvalue weighted by Gasteiger charge is 2.23. The maximum Gasteiger partial charge on any atom is 0.253 e. The third-order valence-corrected chi connectivity index (χ3v) is 6.38. The van der Waals surface area contributed by atoms with Gasteiger partial charge in [-0.05, 0) is 30.7 Å². The summed E-state index contributed by atoms with van der Waals surface area (Å²) in [6.07, 6.45) is 0.952. The SMILES string of the molecule is C[C@@H](NC(=O)c1ccccc1NC(=O)CN(Cc1ccccc1F)S(C)(=O)=O)c1ccccc1. The molecule has 0 heterocycles. The second-order valence-electron chi connectivity index (χ2n) is 7.82. The van der Waals surface area contributed by atoms with Gasteiger partial charge in [-0.25, -0.2) is 12.8 Å². The molecule has 0 aliphatic rings. The number of rotatable bonds is 9. The van der Waals surface area contributed by atoms with Crippen LogP contribution < -0.4 is 10.6 Å². The van der Waals surface area contributed by atoms with Crippen molar-refractivity contribution < 1.29 is 22.4 Å². The van der Waals surface area contributed by atoms with Crippen LogP contribution in [0.2, 0.25) is 0 Å². The number of anilines is 1. The molecule has 0 radical (unpaired) electrons. The van der Waals surface area contributed by atoms with Crippen molar-refractivity contribution in [1.82, 2.24) is 9.62 Å². The molecule has 1 atom stereocenters. The molecule has 2 amide bonds. The van der Waals surface area contributed by atoms with Gasteiger partial charge in [-0.2, -0.15) is 4.31 Å². The van der Waals surface area contributed by atoms with Crippen LogP contribution in [0.25, 0.3) is 0 Å². The van der Waals surface area contributed by atoms with E-state index in [1.807, 2.05) is 37.3 Å². The van der Waals surface area contributed by atoms with E-state index in [1.54, 1.807) is 30.3 Å². The number of carbonyl (C=O) groups excluding carboxylic acids is 2. The highest BCUT2D eigenvalue weighted by Crippen LogP contribution is 2.19. The molecule has 9 heteroatoms. The van der Waals surface area contributed by atoms with Crippen LogP contribution in [0, 0.1) is 5.82 Å². The predicted octanol–water partition coefficient (Wildman–Crippen LogP) is 3.72. The van der Waals surface area contributed by atoms with Crippen LogP contribution in [-0.2, 0) is 21.4 Å². The van der Waals surface area contributed by atoms with E-state index in [9.17, 15) is 22.4 Å². The molecule has 0 bridgehead atoms. The summed E-state index contributed by atoms with van der Waals surface area (Å²) in [6.45, 7) is 1.01. The first-order valence-electron chi connectivity index (χ1n) is 10.6. The van der Waals surface area contributed by atoms with Crippen molar-refractivity contribution in [2.24, 2.45) is 0 Å². The maximum absolute atomic E-state index is 14.0. The topological polar surface area (TPSA) is 95.6 Å². The number of benzene rings is 3. The Kier molecular flexibility index (Phi) is 8.14. The minimum atomic E-state index is -3.81. The first kappa shape index (κ1) is 25.1. The van der Waals surface area contributed by atoms with Gasteiger partial charge in [-0.15, -0.1) is 0 Å². The lowest BCUT2D eigenvalue weighted by Crippen LogP contribution is -2.37. The normalized spacial score (nSPS) is 12.2. The fraction of sp³-hybridized carbons (Fsp3) is 0.200. The Bertz CT molecular complexity index is 1270. The fourth-order valence-corrected chi connectivity index (χ4v) is 4.07. The van der Waals surface area contributed by atoms with E-state index in [2.05, 4.69) is 10.6 Å². The molecule has 0 saturated heterocycles. The third-order valence-electron chi connectivity index (χ3n) is 5.19. The Hall–Kier alpha value is -3.56. The summed E-state index contributed by atoms with van der Waals surface area (Å²) in [5, 5.41) is 5.50. The first-order valence-corrected chi connectivity index (χ1v) is 12.4. The van der Waals surface area contributed by atoms with Crippen molar-refractivity contribution in [3.05, 3.63) is 101 Å². The number of hydrogen-bond acceptors (Lipinski definition) is 4. The quantitative estimate of drug-likeness (QED) is 0.485. The van der Waals surface area contributed by atoms with Crippen LogP contribution in [-0.4, -0.2) is 37.3 Å². The second kappa shape index (κ2) is 11.0. The van der Waals surface area contributed by atoms with Crippen LogP contribution in [0.1, 0.15) is 34.5 Å². The molecule has 34 heavy (non-hydrogen) atoms. The minimum Gasteiger partial charge on any atom is -0.345 e. The summed E-state index contributed by atoms with van der Waals surface area (Å²) in [5.41, 5.74) is 1.55. The number of hydrogen-bond donors (Lipinski definition) is 2. The highest BCUT2D eigenvalue weighted by atomic mass is 32.2. The Balaban J connectivity index is 1.73. The Morgan fingerprint density at radius 2 is 1.56 bits per heavy atom. The monoisotopic (exact) mass is 483 g/mol. The molecule has 2 N–H and O–H groups in total. The van der Waals surface area contributed by atoms with Gasteiger partial charge in [0, 0.05) is 12.1 Å². The number of nitrogens with one attached hydrogen (secondary N) is 2. The standard InChI is InChI=1S/C25H26FN3O4S/c1-18(19-10-4-3-5-11-19)27-25(31)21-13-7-9-15-23(21)28-24(30)17-29(34(2,32)33)16-20-12-6-8-14-22(20)26/h3-15,18H,16-17H2,1-2H3,(H,27,31)(H,28,30)/t18-/m1/s1. The highest BCUT2D eigenvalue weighted by molar-refractivity contribution is 7.88. The zero-order chi connectivity index (χ0) is 24.7. The molecule has 0 spiro atoms. The van der Waals surface area contributed by atoms with Crippen LogP contribution >= 0.6 is 0 Å². The van der Waals surface area contributed by atoms with Crippen molar-refractivity contribution in [2.75, 3.05) is 18.1 Å². The summed E-state index contributed by atoms with van der Waals surface area (Å²) >= 11 is 0. The van der Waals surface area contributed by atoms with Crippen LogP contribution in [0.5, 0.6) is 0 Å². The lowest BCUT2D eigenvalue weighted by Gasteiger charge is -2.20. The number of halogens is 1. The maximum atomic E-state index is 14.0. The lowest BCUT2D eigenvalue weighted by atomic mass is 10.1. The number of nitrogens with zero attached hydrogens (tertiary/aromatic N) is 1. The van der Waals surface area contributed by atoms with Gasteiger partial charge >= 0.3 is 0 Å². The Labute approximate surface area is 198 Å². The number of sulfonamides is 1. The number of para-hydroxylation sites is 1. The molecule has 3 rings (SSSR count). The van der Waals surface area contributed by atoms with Crippen LogP contribution in [0.4, 0.5) is 10.1 Å². The third kappa shape index (κ3) is 6.72. The van der Waals surface area contributed by atoms with Crippen LogP contribution in [0.3, 0.4) is 0 Å². The summed E-state index contributed by atoms with van der Waals surface area (Å²) in [6, 6.07) is 21.4. The lowest BCUT2D eigenvalue weighted by molar-refractivity contribution is -0.116. The van der Waals surface area contributed by atoms with Gasteiger partial charge in [0.25, 0.3) is 5.91 Å². The van der Waals surface area contributed by atoms with E-state index in [4.69, 9.17) is 0 Å². The molecule has 7 nitrogen and oxygen atoms in total. The zero-order valence-electron chi connectivity index (χ0n) is 18.9. The average molecular weight is 484 g/mol. The van der Waals surface area contributed by atoms with E-state index in [-0.39, 0.29) is 29.4 Å². The van der Waals surface area contributed by atoms with Crippen molar-refractivity contribution in [3.63, 3.8) is 0 Å². The second-order valence-corrected chi connectivity index (χ2v) is 9.80. The summed E-state index contributed by atoms with van der Waals surface area (Å²) in [7, 11) is -3.81. The molecule has 0 unspecified atom stereocenters. The van der Waals surface area contributed by atoms with Crippen molar-refractivity contribution >= 4 is 27.5 Å². The molecule has 0 aromatic heterocycles. The fourth-order valence-electron chi connectivity index (χ4n) is 3.35. The van der Waals surface area contributed by atoms with Crippen molar-refractivity contribution in [3.8, 4) is 0 Å². The molecule has 3 aromatic rings. The largest absolute Gasteiger partial charge is 0.345 e.